The zero-order chi connectivity index (χ0) is 13.8. The van der Waals surface area contributed by atoms with Crippen LogP contribution in [0.5, 0.6) is 0 Å². The summed E-state index contributed by atoms with van der Waals surface area (Å²) in [6.07, 6.45) is 0. The Bertz CT molecular complexity index is 596. The number of hydrogen-bond acceptors (Lipinski definition) is 3. The minimum atomic E-state index is -0.153. The number of hydrogen-bond donors (Lipinski definition) is 3. The first-order valence-corrected chi connectivity index (χ1v) is 6.53. The molecular formula is C14H14BrN3O. The van der Waals surface area contributed by atoms with E-state index in [0.717, 1.165) is 10.2 Å². The number of anilines is 3. The summed E-state index contributed by atoms with van der Waals surface area (Å²) >= 11 is 3.38. The van der Waals surface area contributed by atoms with Crippen LogP contribution in [-0.2, 0) is 0 Å². The Labute approximate surface area is 120 Å². The molecule has 4 nitrogen and oxygen atoms in total. The van der Waals surface area contributed by atoms with E-state index < -0.39 is 0 Å². The molecule has 0 aromatic heterocycles. The molecule has 0 spiro atoms. The molecule has 1 amide bonds. The van der Waals surface area contributed by atoms with Gasteiger partial charge < -0.3 is 16.4 Å². The molecule has 0 saturated carbocycles. The average molecular weight is 320 g/mol. The van der Waals surface area contributed by atoms with Crippen LogP contribution in [0.2, 0.25) is 0 Å². The molecular weight excluding hydrogens is 306 g/mol. The summed E-state index contributed by atoms with van der Waals surface area (Å²) in [5, 5.41) is 5.80. The van der Waals surface area contributed by atoms with Gasteiger partial charge in [0.2, 0.25) is 0 Å². The van der Waals surface area contributed by atoms with E-state index in [2.05, 4.69) is 26.6 Å². The third-order valence-corrected chi connectivity index (χ3v) is 3.17. The molecule has 2 rings (SSSR count). The van der Waals surface area contributed by atoms with Gasteiger partial charge in [-0.15, -0.1) is 0 Å². The van der Waals surface area contributed by atoms with Gasteiger partial charge in [-0.1, -0.05) is 15.9 Å². The second kappa shape index (κ2) is 5.75. The van der Waals surface area contributed by atoms with Gasteiger partial charge >= 0.3 is 0 Å². The third-order valence-electron chi connectivity index (χ3n) is 2.64. The zero-order valence-electron chi connectivity index (χ0n) is 10.4. The fraction of sp³-hybridized carbons (Fsp3) is 0.0714. The van der Waals surface area contributed by atoms with Crippen LogP contribution in [-0.4, -0.2) is 13.0 Å². The Hall–Kier alpha value is -2.01. The molecule has 0 radical (unpaired) electrons. The van der Waals surface area contributed by atoms with Crippen molar-refractivity contribution in [3.63, 3.8) is 0 Å². The number of carbonyl (C=O) groups is 1. The lowest BCUT2D eigenvalue weighted by Crippen LogP contribution is -2.19. The van der Waals surface area contributed by atoms with Gasteiger partial charge in [0.25, 0.3) is 5.91 Å². The van der Waals surface area contributed by atoms with Crippen LogP contribution < -0.4 is 16.4 Å². The number of amides is 1. The molecule has 0 bridgehead atoms. The van der Waals surface area contributed by atoms with Gasteiger partial charge in [-0.3, -0.25) is 4.79 Å². The molecule has 0 saturated heterocycles. The molecule has 4 N–H and O–H groups in total. The predicted molar refractivity (Wildman–Crippen MR) is 81.7 cm³/mol. The molecule has 0 fully saturated rings. The number of nitrogen functional groups attached to an aromatic ring is 1. The number of halogens is 1. The van der Waals surface area contributed by atoms with Crippen LogP contribution in [0.15, 0.2) is 46.9 Å². The molecule has 0 unspecified atom stereocenters. The summed E-state index contributed by atoms with van der Waals surface area (Å²) in [4.78, 5) is 11.8. The normalized spacial score (nSPS) is 10.0. The minimum Gasteiger partial charge on any atom is -0.399 e. The molecule has 2 aromatic rings. The van der Waals surface area contributed by atoms with Gasteiger partial charge in [0, 0.05) is 22.9 Å². The first kappa shape index (κ1) is 13.4. The van der Waals surface area contributed by atoms with E-state index >= 15 is 0 Å². The van der Waals surface area contributed by atoms with Crippen molar-refractivity contribution in [2.45, 2.75) is 0 Å². The Morgan fingerprint density at radius 2 is 1.84 bits per heavy atom. The van der Waals surface area contributed by atoms with Crippen molar-refractivity contribution in [3.8, 4) is 0 Å². The standard InChI is InChI=1S/C14H14BrN3O/c1-17-14(19)12-7-4-10(16)8-13(12)18-11-5-2-9(15)3-6-11/h2-8,18H,16H2,1H3,(H,17,19). The molecule has 0 heterocycles. The third kappa shape index (κ3) is 3.26. The van der Waals surface area contributed by atoms with Crippen molar-refractivity contribution in [1.29, 1.82) is 0 Å². The molecule has 0 aliphatic rings. The van der Waals surface area contributed by atoms with E-state index in [-0.39, 0.29) is 5.91 Å². The fourth-order valence-corrected chi connectivity index (χ4v) is 1.95. The van der Waals surface area contributed by atoms with Gasteiger partial charge in [0.1, 0.15) is 0 Å². The maximum atomic E-state index is 11.8. The van der Waals surface area contributed by atoms with Crippen LogP contribution in [0, 0.1) is 0 Å². The summed E-state index contributed by atoms with van der Waals surface area (Å²) < 4.78 is 0.997. The molecule has 0 aliphatic heterocycles. The van der Waals surface area contributed by atoms with E-state index in [0.29, 0.717) is 16.9 Å². The maximum absolute atomic E-state index is 11.8. The molecule has 98 valence electrons. The largest absolute Gasteiger partial charge is 0.399 e. The molecule has 5 heteroatoms. The summed E-state index contributed by atoms with van der Waals surface area (Å²) in [5.74, 6) is -0.153. The Kier molecular flexibility index (Phi) is 4.06. The average Bonchev–Trinajstić information content (AvgIpc) is 2.41. The van der Waals surface area contributed by atoms with Crippen molar-refractivity contribution >= 4 is 38.9 Å². The SMILES string of the molecule is CNC(=O)c1ccc(N)cc1Nc1ccc(Br)cc1. The van der Waals surface area contributed by atoms with Crippen molar-refractivity contribution in [3.05, 3.63) is 52.5 Å². The number of rotatable bonds is 3. The van der Waals surface area contributed by atoms with E-state index in [9.17, 15) is 4.79 Å². The van der Waals surface area contributed by atoms with Crippen LogP contribution >= 0.6 is 15.9 Å². The number of nitrogens with one attached hydrogen (secondary N) is 2. The Morgan fingerprint density at radius 1 is 1.16 bits per heavy atom. The van der Waals surface area contributed by atoms with Gasteiger partial charge in [0.05, 0.1) is 11.3 Å². The van der Waals surface area contributed by atoms with Crippen LogP contribution in [0.1, 0.15) is 10.4 Å². The van der Waals surface area contributed by atoms with Crippen LogP contribution in [0.25, 0.3) is 0 Å². The summed E-state index contributed by atoms with van der Waals surface area (Å²) in [5.41, 5.74) is 8.50. The van der Waals surface area contributed by atoms with Gasteiger partial charge in [-0.25, -0.2) is 0 Å². The molecule has 19 heavy (non-hydrogen) atoms. The molecule has 2 aromatic carbocycles. The first-order chi connectivity index (χ1) is 9.10. The van der Waals surface area contributed by atoms with Crippen molar-refractivity contribution in [1.82, 2.24) is 5.32 Å². The highest BCUT2D eigenvalue weighted by atomic mass is 79.9. The topological polar surface area (TPSA) is 67.2 Å². The Morgan fingerprint density at radius 3 is 2.47 bits per heavy atom. The quantitative estimate of drug-likeness (QED) is 0.761. The lowest BCUT2D eigenvalue weighted by molar-refractivity contribution is 0.0964. The van der Waals surface area contributed by atoms with E-state index in [4.69, 9.17) is 5.73 Å². The monoisotopic (exact) mass is 319 g/mol. The van der Waals surface area contributed by atoms with Crippen molar-refractivity contribution in [2.75, 3.05) is 18.1 Å². The predicted octanol–water partition coefficient (Wildman–Crippen LogP) is 3.13. The fourth-order valence-electron chi connectivity index (χ4n) is 1.69. The van der Waals surface area contributed by atoms with Gasteiger partial charge in [-0.05, 0) is 42.5 Å². The number of carbonyl (C=O) groups excluding carboxylic acids is 1. The smallest absolute Gasteiger partial charge is 0.253 e. The summed E-state index contributed by atoms with van der Waals surface area (Å²) in [6, 6.07) is 12.8. The van der Waals surface area contributed by atoms with Crippen molar-refractivity contribution < 1.29 is 4.79 Å². The molecule has 0 atom stereocenters. The molecule has 0 aliphatic carbocycles. The van der Waals surface area contributed by atoms with Crippen molar-refractivity contribution in [2.24, 2.45) is 0 Å². The summed E-state index contributed by atoms with van der Waals surface area (Å²) in [7, 11) is 1.60. The summed E-state index contributed by atoms with van der Waals surface area (Å²) in [6.45, 7) is 0. The lowest BCUT2D eigenvalue weighted by Gasteiger charge is -2.12. The van der Waals surface area contributed by atoms with E-state index in [1.165, 1.54) is 0 Å². The number of benzene rings is 2. The van der Waals surface area contributed by atoms with Crippen LogP contribution in [0.4, 0.5) is 17.1 Å². The minimum absolute atomic E-state index is 0.153. The second-order valence-electron chi connectivity index (χ2n) is 4.02. The maximum Gasteiger partial charge on any atom is 0.253 e. The zero-order valence-corrected chi connectivity index (χ0v) is 12.0. The highest BCUT2D eigenvalue weighted by Crippen LogP contribution is 2.24. The second-order valence-corrected chi connectivity index (χ2v) is 4.93. The lowest BCUT2D eigenvalue weighted by atomic mass is 10.1. The highest BCUT2D eigenvalue weighted by molar-refractivity contribution is 9.10. The highest BCUT2D eigenvalue weighted by Gasteiger charge is 2.10. The van der Waals surface area contributed by atoms with Gasteiger partial charge in [0.15, 0.2) is 0 Å². The van der Waals surface area contributed by atoms with E-state index in [1.54, 1.807) is 25.2 Å². The number of nitrogens with two attached hydrogens (primary N) is 1. The van der Waals surface area contributed by atoms with Gasteiger partial charge in [-0.2, -0.15) is 0 Å². The Balaban J connectivity index is 2.35. The van der Waals surface area contributed by atoms with E-state index in [1.807, 2.05) is 24.3 Å². The first-order valence-electron chi connectivity index (χ1n) is 5.74. The van der Waals surface area contributed by atoms with Crippen LogP contribution in [0.3, 0.4) is 0 Å².